The molecule has 3 rings (SSSR count). The normalized spacial score (nSPS) is 17.4. The zero-order valence-electron chi connectivity index (χ0n) is 19.9. The number of hydrogen-bond acceptors (Lipinski definition) is 6. The second kappa shape index (κ2) is 11.9. The highest BCUT2D eigenvalue weighted by Gasteiger charge is 2.41. The van der Waals surface area contributed by atoms with E-state index in [1.807, 2.05) is 12.1 Å². The zero-order valence-corrected chi connectivity index (χ0v) is 20.7. The number of likely N-dealkylation sites (tertiary alicyclic amines) is 1. The van der Waals surface area contributed by atoms with Gasteiger partial charge >= 0.3 is 0 Å². The van der Waals surface area contributed by atoms with Gasteiger partial charge in [0.2, 0.25) is 11.7 Å². The van der Waals surface area contributed by atoms with Crippen LogP contribution in [0, 0.1) is 5.92 Å². The Bertz CT molecular complexity index is 990. The van der Waals surface area contributed by atoms with Crippen molar-refractivity contribution in [2.24, 2.45) is 5.92 Å². The fourth-order valence-corrected chi connectivity index (χ4v) is 4.44. The lowest BCUT2D eigenvalue weighted by Gasteiger charge is -2.21. The van der Waals surface area contributed by atoms with E-state index in [2.05, 4.69) is 5.32 Å². The Hall–Kier alpha value is -2.97. The number of amides is 2. The summed E-state index contributed by atoms with van der Waals surface area (Å²) in [5.41, 5.74) is 1.31. The number of hydrogen-bond donors (Lipinski definition) is 1. The SMILES string of the molecule is COCCCNC(=O)[C@H]1CN(C(=O)c2cccc(Cl)c2)C[C@H]1c1cc(OC)c(OC)c(OC)c1. The summed E-state index contributed by atoms with van der Waals surface area (Å²) in [7, 11) is 6.26. The Morgan fingerprint density at radius 2 is 1.74 bits per heavy atom. The van der Waals surface area contributed by atoms with Crippen LogP contribution in [0.1, 0.15) is 28.3 Å². The van der Waals surface area contributed by atoms with E-state index < -0.39 is 5.92 Å². The number of methoxy groups -OCH3 is 4. The third-order valence-corrected chi connectivity index (χ3v) is 6.19. The molecule has 2 amide bonds. The summed E-state index contributed by atoms with van der Waals surface area (Å²) in [6, 6.07) is 10.5. The Morgan fingerprint density at radius 1 is 1.03 bits per heavy atom. The second-order valence-electron chi connectivity index (χ2n) is 8.03. The highest BCUT2D eigenvalue weighted by Crippen LogP contribution is 2.43. The Kier molecular flexibility index (Phi) is 9.01. The van der Waals surface area contributed by atoms with Crippen LogP contribution in [-0.4, -0.2) is 71.4 Å². The molecule has 0 aromatic heterocycles. The summed E-state index contributed by atoms with van der Waals surface area (Å²) in [5, 5.41) is 3.47. The predicted molar refractivity (Wildman–Crippen MR) is 129 cm³/mol. The fourth-order valence-electron chi connectivity index (χ4n) is 4.25. The molecule has 1 heterocycles. The van der Waals surface area contributed by atoms with Crippen molar-refractivity contribution in [2.45, 2.75) is 12.3 Å². The molecule has 0 aliphatic carbocycles. The van der Waals surface area contributed by atoms with E-state index in [1.165, 1.54) is 7.11 Å². The van der Waals surface area contributed by atoms with Gasteiger partial charge in [-0.15, -0.1) is 0 Å². The largest absolute Gasteiger partial charge is 0.493 e. The maximum absolute atomic E-state index is 13.2. The van der Waals surface area contributed by atoms with E-state index >= 15 is 0 Å². The molecule has 0 bridgehead atoms. The van der Waals surface area contributed by atoms with Gasteiger partial charge in [0.05, 0.1) is 27.2 Å². The number of benzene rings is 2. The van der Waals surface area contributed by atoms with Crippen molar-refractivity contribution in [2.75, 3.05) is 54.7 Å². The summed E-state index contributed by atoms with van der Waals surface area (Å²) in [6.07, 6.45) is 0.703. The summed E-state index contributed by atoms with van der Waals surface area (Å²) in [5.74, 6) is 0.462. The van der Waals surface area contributed by atoms with Crippen molar-refractivity contribution < 1.29 is 28.5 Å². The van der Waals surface area contributed by atoms with E-state index in [0.717, 1.165) is 5.56 Å². The van der Waals surface area contributed by atoms with Gasteiger partial charge in [0.15, 0.2) is 11.5 Å². The first-order valence-corrected chi connectivity index (χ1v) is 11.4. The van der Waals surface area contributed by atoms with Crippen LogP contribution in [-0.2, 0) is 9.53 Å². The average molecular weight is 491 g/mol. The van der Waals surface area contributed by atoms with Crippen molar-refractivity contribution in [1.29, 1.82) is 0 Å². The molecule has 1 fully saturated rings. The van der Waals surface area contributed by atoms with Crippen molar-refractivity contribution in [1.82, 2.24) is 10.2 Å². The molecule has 2 aromatic carbocycles. The topological polar surface area (TPSA) is 86.3 Å². The molecule has 1 saturated heterocycles. The molecule has 9 heteroatoms. The Labute approximate surface area is 205 Å². The molecule has 1 aliphatic heterocycles. The number of nitrogens with zero attached hydrogens (tertiary/aromatic N) is 1. The van der Waals surface area contributed by atoms with Gasteiger partial charge in [0.25, 0.3) is 5.91 Å². The van der Waals surface area contributed by atoms with Crippen molar-refractivity contribution in [3.8, 4) is 17.2 Å². The van der Waals surface area contributed by atoms with E-state index in [1.54, 1.807) is 50.5 Å². The molecule has 8 nitrogen and oxygen atoms in total. The van der Waals surface area contributed by atoms with E-state index in [0.29, 0.717) is 54.0 Å². The molecule has 2 atom stereocenters. The van der Waals surface area contributed by atoms with Crippen molar-refractivity contribution in [3.05, 3.63) is 52.5 Å². The quantitative estimate of drug-likeness (QED) is 0.514. The van der Waals surface area contributed by atoms with Crippen LogP contribution in [0.3, 0.4) is 0 Å². The molecule has 0 saturated carbocycles. The van der Waals surface area contributed by atoms with Crippen LogP contribution in [0.15, 0.2) is 36.4 Å². The zero-order chi connectivity index (χ0) is 24.7. The molecule has 2 aromatic rings. The van der Waals surface area contributed by atoms with Crippen LogP contribution in [0.4, 0.5) is 0 Å². The van der Waals surface area contributed by atoms with E-state index in [9.17, 15) is 9.59 Å². The summed E-state index contributed by atoms with van der Waals surface area (Å²) in [4.78, 5) is 28.1. The third kappa shape index (κ3) is 5.74. The molecule has 0 radical (unpaired) electrons. The van der Waals surface area contributed by atoms with E-state index in [-0.39, 0.29) is 24.3 Å². The lowest BCUT2D eigenvalue weighted by atomic mass is 9.88. The first-order chi connectivity index (χ1) is 16.4. The number of rotatable bonds is 10. The Morgan fingerprint density at radius 3 is 2.32 bits per heavy atom. The smallest absolute Gasteiger partial charge is 0.253 e. The van der Waals surface area contributed by atoms with Gasteiger partial charge in [0, 0.05) is 49.9 Å². The molecule has 184 valence electrons. The molecular weight excluding hydrogens is 460 g/mol. The second-order valence-corrected chi connectivity index (χ2v) is 8.47. The summed E-state index contributed by atoms with van der Waals surface area (Å²) in [6.45, 7) is 1.69. The van der Waals surface area contributed by atoms with Gasteiger partial charge < -0.3 is 29.2 Å². The molecule has 1 N–H and O–H groups in total. The number of carbonyl (C=O) groups excluding carboxylic acids is 2. The minimum absolute atomic E-state index is 0.115. The molecule has 1 aliphatic rings. The molecule has 0 unspecified atom stereocenters. The van der Waals surface area contributed by atoms with Crippen LogP contribution in [0.5, 0.6) is 17.2 Å². The summed E-state index contributed by atoms with van der Waals surface area (Å²) >= 11 is 6.09. The van der Waals surface area contributed by atoms with Gasteiger partial charge in [0.1, 0.15) is 0 Å². The maximum atomic E-state index is 13.2. The van der Waals surface area contributed by atoms with Gasteiger partial charge in [-0.2, -0.15) is 0 Å². The minimum Gasteiger partial charge on any atom is -0.493 e. The number of nitrogens with one attached hydrogen (secondary N) is 1. The van der Waals surface area contributed by atoms with Crippen molar-refractivity contribution in [3.63, 3.8) is 0 Å². The van der Waals surface area contributed by atoms with Gasteiger partial charge in [-0.25, -0.2) is 0 Å². The van der Waals surface area contributed by atoms with Gasteiger partial charge in [-0.05, 0) is 42.3 Å². The average Bonchev–Trinajstić information content (AvgIpc) is 3.30. The number of carbonyl (C=O) groups is 2. The highest BCUT2D eigenvalue weighted by atomic mass is 35.5. The number of ether oxygens (including phenoxy) is 4. The minimum atomic E-state index is -0.450. The summed E-state index contributed by atoms with van der Waals surface area (Å²) < 4.78 is 21.5. The standard InChI is InChI=1S/C25H31ClN2O6/c1-31-10-6-9-27-24(29)20-15-28(25(30)16-7-5-8-18(26)11-16)14-19(20)17-12-21(32-2)23(34-4)22(13-17)33-3/h5,7-8,11-13,19-20H,6,9-10,14-15H2,1-4H3,(H,27,29)/t19-,20-/m0/s1. The number of halogens is 1. The fraction of sp³-hybridized carbons (Fsp3) is 0.440. The van der Waals surface area contributed by atoms with Crippen molar-refractivity contribution >= 4 is 23.4 Å². The van der Waals surface area contributed by atoms with Crippen LogP contribution in [0.25, 0.3) is 0 Å². The van der Waals surface area contributed by atoms with Crippen LogP contribution < -0.4 is 19.5 Å². The predicted octanol–water partition coefficient (Wildman–Crippen LogP) is 3.37. The highest BCUT2D eigenvalue weighted by molar-refractivity contribution is 6.30. The molecule has 0 spiro atoms. The lowest BCUT2D eigenvalue weighted by Crippen LogP contribution is -2.36. The van der Waals surface area contributed by atoms with Crippen LogP contribution in [0.2, 0.25) is 5.02 Å². The first-order valence-electron chi connectivity index (χ1n) is 11.0. The van der Waals surface area contributed by atoms with Gasteiger partial charge in [-0.3, -0.25) is 9.59 Å². The lowest BCUT2D eigenvalue weighted by molar-refractivity contribution is -0.125. The monoisotopic (exact) mass is 490 g/mol. The molecule has 34 heavy (non-hydrogen) atoms. The van der Waals surface area contributed by atoms with Gasteiger partial charge in [-0.1, -0.05) is 17.7 Å². The maximum Gasteiger partial charge on any atom is 0.253 e. The van der Waals surface area contributed by atoms with Crippen LogP contribution >= 0.6 is 11.6 Å². The Balaban J connectivity index is 1.93. The first kappa shape index (κ1) is 25.6. The van der Waals surface area contributed by atoms with E-state index in [4.69, 9.17) is 30.5 Å². The third-order valence-electron chi connectivity index (χ3n) is 5.96. The molecular formula is C25H31ClN2O6.